The molecule has 2 aromatic heterocycles. The van der Waals surface area contributed by atoms with Crippen molar-refractivity contribution >= 4 is 17.2 Å². The van der Waals surface area contributed by atoms with E-state index in [-0.39, 0.29) is 12.1 Å². The molecule has 3 aromatic rings. The van der Waals surface area contributed by atoms with Gasteiger partial charge in [0.1, 0.15) is 29.3 Å². The summed E-state index contributed by atoms with van der Waals surface area (Å²) in [5.74, 6) is 1.51. The summed E-state index contributed by atoms with van der Waals surface area (Å²) in [5, 5.41) is 6.03. The summed E-state index contributed by atoms with van der Waals surface area (Å²) in [6.45, 7) is 3.16. The van der Waals surface area contributed by atoms with E-state index >= 15 is 0 Å². The highest BCUT2D eigenvalue weighted by atomic mass is 32.1. The molecule has 5 rings (SSSR count). The zero-order chi connectivity index (χ0) is 24.2. The van der Waals surface area contributed by atoms with Gasteiger partial charge < -0.3 is 24.1 Å². The van der Waals surface area contributed by atoms with Crippen molar-refractivity contribution in [2.45, 2.75) is 70.7 Å². The van der Waals surface area contributed by atoms with E-state index in [1.54, 1.807) is 18.4 Å². The molecule has 0 radical (unpaired) electrons. The quantitative estimate of drug-likeness (QED) is 0.422. The molecule has 2 aliphatic rings. The highest BCUT2D eigenvalue weighted by Crippen LogP contribution is 2.37. The van der Waals surface area contributed by atoms with Crippen molar-refractivity contribution in [1.82, 2.24) is 14.9 Å². The van der Waals surface area contributed by atoms with Gasteiger partial charge in [-0.3, -0.25) is 4.79 Å². The average Bonchev–Trinajstić information content (AvgIpc) is 3.64. The van der Waals surface area contributed by atoms with Crippen LogP contribution in [0, 0.1) is 6.92 Å². The summed E-state index contributed by atoms with van der Waals surface area (Å²) in [6.07, 6.45) is 7.64. The van der Waals surface area contributed by atoms with Gasteiger partial charge in [0.15, 0.2) is 0 Å². The fourth-order valence-corrected chi connectivity index (χ4v) is 5.78. The first-order chi connectivity index (χ1) is 17.1. The summed E-state index contributed by atoms with van der Waals surface area (Å²) in [7, 11) is 1.65. The molecule has 35 heavy (non-hydrogen) atoms. The molecule has 1 saturated carbocycles. The molecule has 7 nitrogen and oxygen atoms in total. The number of nitrogens with one attached hydrogen (secondary N) is 1. The summed E-state index contributed by atoms with van der Waals surface area (Å²) in [5.41, 5.74) is 3.63. The van der Waals surface area contributed by atoms with Gasteiger partial charge >= 0.3 is 0 Å². The van der Waals surface area contributed by atoms with Crippen LogP contribution in [0.25, 0.3) is 11.4 Å². The number of carbonyl (C=O) groups excluding carboxylic acids is 1. The summed E-state index contributed by atoms with van der Waals surface area (Å²) < 4.78 is 19.1. The molecule has 1 unspecified atom stereocenters. The molecule has 1 aliphatic heterocycles. The largest absolute Gasteiger partial charge is 0.497 e. The minimum atomic E-state index is -0.190. The number of hydrogen-bond donors (Lipinski definition) is 1. The van der Waals surface area contributed by atoms with Gasteiger partial charge in [0.25, 0.3) is 5.91 Å². The number of aromatic nitrogens is 2. The van der Waals surface area contributed by atoms with Crippen LogP contribution >= 0.6 is 11.3 Å². The van der Waals surface area contributed by atoms with E-state index in [0.29, 0.717) is 24.8 Å². The van der Waals surface area contributed by atoms with Gasteiger partial charge in [0.2, 0.25) is 0 Å². The lowest BCUT2D eigenvalue weighted by Gasteiger charge is -2.27. The van der Waals surface area contributed by atoms with E-state index in [2.05, 4.69) is 22.2 Å². The van der Waals surface area contributed by atoms with Crippen LogP contribution in [-0.2, 0) is 11.3 Å². The molecule has 0 bridgehead atoms. The Labute approximate surface area is 210 Å². The van der Waals surface area contributed by atoms with E-state index in [1.807, 2.05) is 30.3 Å². The van der Waals surface area contributed by atoms with Crippen LogP contribution in [0.5, 0.6) is 11.5 Å². The van der Waals surface area contributed by atoms with Crippen molar-refractivity contribution in [3.8, 4) is 22.9 Å². The molecule has 186 valence electrons. The Morgan fingerprint density at radius 1 is 1.14 bits per heavy atom. The van der Waals surface area contributed by atoms with Gasteiger partial charge in [-0.2, -0.15) is 0 Å². The number of methoxy groups -OCH3 is 1. The van der Waals surface area contributed by atoms with Gasteiger partial charge in [0.05, 0.1) is 24.1 Å². The van der Waals surface area contributed by atoms with Crippen molar-refractivity contribution in [3.63, 3.8) is 0 Å². The van der Waals surface area contributed by atoms with Crippen molar-refractivity contribution in [3.05, 3.63) is 52.0 Å². The van der Waals surface area contributed by atoms with Crippen molar-refractivity contribution in [2.75, 3.05) is 13.7 Å². The standard InChI is InChI=1S/C27H33N3O4S/c1-18-22(27(31)29-25-9-6-14-33-25)15-24(30(18)19-7-4-3-5-8-19)23-17-35-26(28-23)16-34-21-12-10-20(32-2)11-13-21/h10-13,15,17,19,25H,3-9,14,16H2,1-2H3,(H,29,31). The van der Waals surface area contributed by atoms with Crippen LogP contribution < -0.4 is 14.8 Å². The second kappa shape index (κ2) is 10.8. The molecule has 1 saturated heterocycles. The zero-order valence-corrected chi connectivity index (χ0v) is 21.2. The fraction of sp³-hybridized carbons (Fsp3) is 0.481. The molecule has 1 aliphatic carbocycles. The Morgan fingerprint density at radius 3 is 2.63 bits per heavy atom. The van der Waals surface area contributed by atoms with Gasteiger partial charge in [-0.25, -0.2) is 4.98 Å². The Kier molecular flexibility index (Phi) is 7.39. The summed E-state index contributed by atoms with van der Waals surface area (Å²) >= 11 is 1.58. The fourth-order valence-electron chi connectivity index (χ4n) is 5.09. The molecule has 1 atom stereocenters. The SMILES string of the molecule is COc1ccc(OCc2nc(-c3cc(C(=O)NC4CCCO4)c(C)n3C3CCCCC3)cs2)cc1. The Hall–Kier alpha value is -2.84. The molecule has 3 heterocycles. The van der Waals surface area contributed by atoms with Gasteiger partial charge in [-0.05, 0) is 62.9 Å². The molecular weight excluding hydrogens is 462 g/mol. The monoisotopic (exact) mass is 495 g/mol. The number of ether oxygens (including phenoxy) is 3. The van der Waals surface area contributed by atoms with E-state index < -0.39 is 0 Å². The smallest absolute Gasteiger partial charge is 0.255 e. The van der Waals surface area contributed by atoms with Crippen LogP contribution in [0.2, 0.25) is 0 Å². The van der Waals surface area contributed by atoms with Crippen molar-refractivity contribution < 1.29 is 19.0 Å². The van der Waals surface area contributed by atoms with Gasteiger partial charge in [0, 0.05) is 23.7 Å². The predicted octanol–water partition coefficient (Wildman–Crippen LogP) is 5.88. The number of amides is 1. The second-order valence-corrected chi connectivity index (χ2v) is 10.2. The maximum absolute atomic E-state index is 13.2. The maximum Gasteiger partial charge on any atom is 0.255 e. The van der Waals surface area contributed by atoms with E-state index in [9.17, 15) is 4.79 Å². The van der Waals surface area contributed by atoms with Crippen LogP contribution in [0.15, 0.2) is 35.7 Å². The topological polar surface area (TPSA) is 74.6 Å². The highest BCUT2D eigenvalue weighted by Gasteiger charge is 2.27. The second-order valence-electron chi connectivity index (χ2n) is 9.26. The lowest BCUT2D eigenvalue weighted by Crippen LogP contribution is -2.34. The third-order valence-corrected chi connectivity index (χ3v) is 7.76. The number of carbonyl (C=O) groups is 1. The molecular formula is C27H33N3O4S. The average molecular weight is 496 g/mol. The third kappa shape index (κ3) is 5.38. The number of thiazole rings is 1. The number of nitrogens with zero attached hydrogens (tertiary/aromatic N) is 2. The number of hydrogen-bond acceptors (Lipinski definition) is 6. The number of rotatable bonds is 8. The highest BCUT2D eigenvalue weighted by molar-refractivity contribution is 7.09. The Morgan fingerprint density at radius 2 is 1.91 bits per heavy atom. The van der Waals surface area contributed by atoms with E-state index in [0.717, 1.165) is 59.3 Å². The first-order valence-corrected chi connectivity index (χ1v) is 13.4. The Balaban J connectivity index is 1.38. The normalized spacial score (nSPS) is 18.5. The molecule has 1 N–H and O–H groups in total. The molecule has 1 aromatic carbocycles. The van der Waals surface area contributed by atoms with Crippen molar-refractivity contribution in [2.24, 2.45) is 0 Å². The van der Waals surface area contributed by atoms with Crippen molar-refractivity contribution in [1.29, 1.82) is 0 Å². The predicted molar refractivity (Wildman–Crippen MR) is 136 cm³/mol. The molecule has 1 amide bonds. The first kappa shape index (κ1) is 23.9. The van der Waals surface area contributed by atoms with Crippen LogP contribution in [0.3, 0.4) is 0 Å². The lowest BCUT2D eigenvalue weighted by molar-refractivity contribution is 0.0639. The molecule has 0 spiro atoms. The number of benzene rings is 1. The van der Waals surface area contributed by atoms with E-state index in [4.69, 9.17) is 19.2 Å². The third-order valence-electron chi connectivity index (χ3n) is 6.93. The molecule has 2 fully saturated rings. The van der Waals surface area contributed by atoms with Crippen LogP contribution in [0.1, 0.15) is 72.0 Å². The minimum Gasteiger partial charge on any atom is -0.497 e. The Bertz CT molecular complexity index is 1140. The first-order valence-electron chi connectivity index (χ1n) is 12.5. The lowest BCUT2D eigenvalue weighted by atomic mass is 9.95. The van der Waals surface area contributed by atoms with Crippen LogP contribution in [-0.4, -0.2) is 35.4 Å². The van der Waals surface area contributed by atoms with Crippen LogP contribution in [0.4, 0.5) is 0 Å². The zero-order valence-electron chi connectivity index (χ0n) is 20.4. The summed E-state index contributed by atoms with van der Waals surface area (Å²) in [4.78, 5) is 18.1. The van der Waals surface area contributed by atoms with Gasteiger partial charge in [-0.15, -0.1) is 11.3 Å². The maximum atomic E-state index is 13.2. The minimum absolute atomic E-state index is 0.0662. The van der Waals surface area contributed by atoms with E-state index in [1.165, 1.54) is 19.3 Å². The molecule has 8 heteroatoms. The van der Waals surface area contributed by atoms with Gasteiger partial charge in [-0.1, -0.05) is 19.3 Å². The summed E-state index contributed by atoms with van der Waals surface area (Å²) in [6, 6.07) is 9.95.